The second-order valence-corrected chi connectivity index (χ2v) is 3.71. The van der Waals surface area contributed by atoms with E-state index in [0.717, 1.165) is 0 Å². The van der Waals surface area contributed by atoms with E-state index in [9.17, 15) is 14.0 Å². The van der Waals surface area contributed by atoms with Gasteiger partial charge in [-0.2, -0.15) is 14.8 Å². The van der Waals surface area contributed by atoms with Crippen LogP contribution in [0.2, 0.25) is 0 Å². The number of benzene rings is 1. The summed E-state index contributed by atoms with van der Waals surface area (Å²) in [6, 6.07) is 2.89. The van der Waals surface area contributed by atoms with Crippen LogP contribution in [0, 0.1) is 5.82 Å². The molecule has 0 spiro atoms. The summed E-state index contributed by atoms with van der Waals surface area (Å²) in [5.74, 6) is -1.67. The van der Waals surface area contributed by atoms with Gasteiger partial charge in [0.25, 0.3) is 0 Å². The molecule has 0 aliphatic carbocycles. The fourth-order valence-corrected chi connectivity index (χ4v) is 1.82. The summed E-state index contributed by atoms with van der Waals surface area (Å²) in [6.07, 6.45) is 1.33. The van der Waals surface area contributed by atoms with E-state index >= 15 is 0 Å². The Labute approximate surface area is 98.0 Å². The van der Waals surface area contributed by atoms with Crippen molar-refractivity contribution < 1.29 is 8.91 Å². The smallest absolute Gasteiger partial charge is 0.319 e. The Morgan fingerprint density at radius 1 is 1.39 bits per heavy atom. The van der Waals surface area contributed by atoms with Crippen LogP contribution in [-0.4, -0.2) is 19.5 Å². The van der Waals surface area contributed by atoms with E-state index in [1.807, 2.05) is 5.16 Å². The van der Waals surface area contributed by atoms with Crippen molar-refractivity contribution in [1.82, 2.24) is 19.5 Å². The van der Waals surface area contributed by atoms with E-state index in [2.05, 4.69) is 9.62 Å². The van der Waals surface area contributed by atoms with E-state index in [1.54, 1.807) is 13.1 Å². The maximum absolute atomic E-state index is 14.2. The Hall–Kier alpha value is -2.64. The Morgan fingerprint density at radius 2 is 2.17 bits per heavy atom. The molecule has 18 heavy (non-hydrogen) atoms. The molecule has 3 rings (SSSR count). The third kappa shape index (κ3) is 1.25. The van der Waals surface area contributed by atoms with E-state index < -0.39 is 17.3 Å². The van der Waals surface area contributed by atoms with Crippen molar-refractivity contribution in [2.24, 2.45) is 7.05 Å². The van der Waals surface area contributed by atoms with Gasteiger partial charge in [-0.1, -0.05) is 0 Å². The highest BCUT2D eigenvalue weighted by molar-refractivity contribution is 5.81. The lowest BCUT2D eigenvalue weighted by atomic mass is 10.2. The second kappa shape index (κ2) is 3.42. The van der Waals surface area contributed by atoms with Crippen LogP contribution in [0.4, 0.5) is 4.39 Å². The molecule has 92 valence electrons. The molecule has 2 heterocycles. The molecule has 3 aromatic rings. The summed E-state index contributed by atoms with van der Waals surface area (Å²) in [6.45, 7) is 0. The van der Waals surface area contributed by atoms with Crippen LogP contribution in [0.15, 0.2) is 32.4 Å². The molecule has 0 bridgehead atoms. The SMILES string of the molecule is Cn1ncc2c(F)c(-n3c(=O)[nH]oc3=O)ccc21. The van der Waals surface area contributed by atoms with Gasteiger partial charge in [-0.15, -0.1) is 0 Å². The number of hydrogen-bond donors (Lipinski definition) is 1. The molecular formula is C10H7FN4O3. The summed E-state index contributed by atoms with van der Waals surface area (Å²) in [4.78, 5) is 22.7. The second-order valence-electron chi connectivity index (χ2n) is 3.71. The van der Waals surface area contributed by atoms with Crippen molar-refractivity contribution in [3.05, 3.63) is 45.2 Å². The molecule has 0 amide bonds. The van der Waals surface area contributed by atoms with Crippen LogP contribution >= 0.6 is 0 Å². The van der Waals surface area contributed by atoms with E-state index in [0.29, 0.717) is 10.1 Å². The first-order valence-corrected chi connectivity index (χ1v) is 5.00. The Kier molecular flexibility index (Phi) is 2.00. The summed E-state index contributed by atoms with van der Waals surface area (Å²) < 4.78 is 20.6. The number of nitrogens with zero attached hydrogens (tertiary/aromatic N) is 3. The van der Waals surface area contributed by atoms with Gasteiger partial charge in [-0.25, -0.2) is 14.0 Å². The molecule has 2 aromatic heterocycles. The number of fused-ring (bicyclic) bond motifs is 1. The monoisotopic (exact) mass is 250 g/mol. The first-order valence-electron chi connectivity index (χ1n) is 5.00. The van der Waals surface area contributed by atoms with Crippen molar-refractivity contribution in [1.29, 1.82) is 0 Å². The van der Waals surface area contributed by atoms with Crippen molar-refractivity contribution in [3.8, 4) is 5.69 Å². The number of aromatic nitrogens is 4. The molecule has 8 heteroatoms. The van der Waals surface area contributed by atoms with Crippen molar-refractivity contribution in [3.63, 3.8) is 0 Å². The number of halogens is 1. The third-order valence-electron chi connectivity index (χ3n) is 2.70. The molecule has 7 nitrogen and oxygen atoms in total. The predicted octanol–water partition coefficient (Wildman–Crippen LogP) is 0.145. The minimum absolute atomic E-state index is 0.171. The molecule has 0 unspecified atom stereocenters. The quantitative estimate of drug-likeness (QED) is 0.665. The standard InChI is InChI=1S/C10H7FN4O3/c1-14-6-2-3-7(8(11)5(6)4-12-14)15-9(16)13-18-10(15)17/h2-4H,1H3,(H,13,16). The van der Waals surface area contributed by atoms with Gasteiger partial charge in [-0.3, -0.25) is 4.68 Å². The largest absolute Gasteiger partial charge is 0.447 e. The number of hydrogen-bond acceptors (Lipinski definition) is 4. The maximum Gasteiger partial charge on any atom is 0.447 e. The molecule has 0 fully saturated rings. The Balaban J connectivity index is 2.41. The summed E-state index contributed by atoms with van der Waals surface area (Å²) >= 11 is 0. The molecule has 1 aromatic carbocycles. The summed E-state index contributed by atoms with van der Waals surface area (Å²) in [5.41, 5.74) is -0.443. The molecule has 0 aliphatic rings. The van der Waals surface area contributed by atoms with Crippen molar-refractivity contribution in [2.75, 3.05) is 0 Å². The summed E-state index contributed by atoms with van der Waals surface area (Å²) in [5, 5.41) is 5.98. The molecule has 0 radical (unpaired) electrons. The lowest BCUT2D eigenvalue weighted by Gasteiger charge is -2.02. The fraction of sp³-hybridized carbons (Fsp3) is 0.100. The number of nitrogens with one attached hydrogen (secondary N) is 1. The molecular weight excluding hydrogens is 243 g/mol. The van der Waals surface area contributed by atoms with Gasteiger partial charge >= 0.3 is 11.4 Å². The minimum atomic E-state index is -0.970. The molecule has 1 N–H and O–H groups in total. The number of H-pyrrole nitrogens is 1. The first kappa shape index (κ1) is 10.5. The normalized spacial score (nSPS) is 11.2. The average molecular weight is 250 g/mol. The maximum atomic E-state index is 14.2. The molecule has 0 saturated carbocycles. The third-order valence-corrected chi connectivity index (χ3v) is 2.70. The van der Waals surface area contributed by atoms with Crippen LogP contribution in [0.1, 0.15) is 0 Å². The van der Waals surface area contributed by atoms with Crippen LogP contribution in [0.3, 0.4) is 0 Å². The summed E-state index contributed by atoms with van der Waals surface area (Å²) in [7, 11) is 1.66. The highest BCUT2D eigenvalue weighted by Crippen LogP contribution is 2.21. The van der Waals surface area contributed by atoms with Gasteiger partial charge in [0.1, 0.15) is 0 Å². The van der Waals surface area contributed by atoms with Gasteiger partial charge in [0.15, 0.2) is 5.82 Å². The van der Waals surface area contributed by atoms with Gasteiger partial charge in [0.2, 0.25) is 0 Å². The van der Waals surface area contributed by atoms with E-state index in [-0.39, 0.29) is 11.1 Å². The van der Waals surface area contributed by atoms with Gasteiger partial charge in [0.05, 0.1) is 22.8 Å². The fourth-order valence-electron chi connectivity index (χ4n) is 1.82. The zero-order valence-electron chi connectivity index (χ0n) is 9.18. The minimum Gasteiger partial charge on any atom is -0.319 e. The zero-order chi connectivity index (χ0) is 12.9. The number of rotatable bonds is 1. The number of aromatic amines is 1. The molecule has 0 atom stereocenters. The lowest BCUT2D eigenvalue weighted by Crippen LogP contribution is -2.24. The van der Waals surface area contributed by atoms with Crippen molar-refractivity contribution in [2.45, 2.75) is 0 Å². The van der Waals surface area contributed by atoms with Crippen LogP contribution in [-0.2, 0) is 7.05 Å². The van der Waals surface area contributed by atoms with Crippen LogP contribution in [0.25, 0.3) is 16.6 Å². The highest BCUT2D eigenvalue weighted by atomic mass is 19.1. The van der Waals surface area contributed by atoms with Gasteiger partial charge in [0, 0.05) is 7.05 Å². The van der Waals surface area contributed by atoms with Crippen LogP contribution in [0.5, 0.6) is 0 Å². The lowest BCUT2D eigenvalue weighted by molar-refractivity contribution is 0.379. The Morgan fingerprint density at radius 3 is 2.83 bits per heavy atom. The zero-order valence-corrected chi connectivity index (χ0v) is 9.18. The topological polar surface area (TPSA) is 85.8 Å². The van der Waals surface area contributed by atoms with E-state index in [1.165, 1.54) is 16.9 Å². The van der Waals surface area contributed by atoms with Gasteiger partial charge < -0.3 is 4.52 Å². The predicted molar refractivity (Wildman–Crippen MR) is 59.2 cm³/mol. The Bertz CT molecular complexity index is 826. The number of aryl methyl sites for hydroxylation is 1. The highest BCUT2D eigenvalue weighted by Gasteiger charge is 2.16. The van der Waals surface area contributed by atoms with Crippen LogP contribution < -0.4 is 11.4 Å². The van der Waals surface area contributed by atoms with Crippen molar-refractivity contribution >= 4 is 10.9 Å². The van der Waals surface area contributed by atoms with Gasteiger partial charge in [-0.05, 0) is 12.1 Å². The molecule has 0 aliphatic heterocycles. The van der Waals surface area contributed by atoms with E-state index in [4.69, 9.17) is 0 Å². The average Bonchev–Trinajstić information content (AvgIpc) is 2.86. The molecule has 0 saturated heterocycles. The first-order chi connectivity index (χ1) is 8.59.